The molecule has 3 N–H and O–H groups in total. The van der Waals surface area contributed by atoms with Crippen LogP contribution >= 0.6 is 0 Å². The van der Waals surface area contributed by atoms with E-state index in [4.69, 9.17) is 0 Å². The fraction of sp³-hybridized carbons (Fsp3) is 0.261. The van der Waals surface area contributed by atoms with Crippen LogP contribution in [-0.4, -0.2) is 24.1 Å². The van der Waals surface area contributed by atoms with Crippen molar-refractivity contribution in [3.05, 3.63) is 66.2 Å². The van der Waals surface area contributed by atoms with Crippen molar-refractivity contribution in [3.8, 4) is 0 Å². The third kappa shape index (κ3) is 5.78. The van der Waals surface area contributed by atoms with Crippen LogP contribution in [0.4, 0.5) is 17.1 Å². The molecule has 0 spiro atoms. The van der Waals surface area contributed by atoms with Crippen molar-refractivity contribution >= 4 is 34.7 Å². The van der Waals surface area contributed by atoms with Gasteiger partial charge in [0.2, 0.25) is 11.8 Å². The molecular weight excluding hydrogens is 366 g/mol. The van der Waals surface area contributed by atoms with E-state index in [1.54, 1.807) is 30.3 Å². The summed E-state index contributed by atoms with van der Waals surface area (Å²) in [6.45, 7) is 1.47. The van der Waals surface area contributed by atoms with E-state index in [1.807, 2.05) is 18.2 Å². The first-order valence-electron chi connectivity index (χ1n) is 9.72. The number of allylic oxidation sites excluding steroid dienone is 2. The Morgan fingerprint density at radius 1 is 0.897 bits per heavy atom. The lowest BCUT2D eigenvalue weighted by molar-refractivity contribution is -0.117. The first-order chi connectivity index (χ1) is 14.0. The zero-order valence-corrected chi connectivity index (χ0v) is 16.4. The molecule has 0 radical (unpaired) electrons. The number of hydrogen-bond donors (Lipinski definition) is 3. The lowest BCUT2D eigenvalue weighted by atomic mass is 10.0. The smallest absolute Gasteiger partial charge is 0.243 e. The van der Waals surface area contributed by atoms with Crippen molar-refractivity contribution < 1.29 is 14.4 Å². The van der Waals surface area contributed by atoms with Gasteiger partial charge in [0.1, 0.15) is 0 Å². The number of carbonyl (C=O) groups is 3. The molecule has 150 valence electrons. The number of nitrogens with one attached hydrogen (secondary N) is 3. The van der Waals surface area contributed by atoms with Gasteiger partial charge in [0, 0.05) is 12.0 Å². The largest absolute Gasteiger partial charge is 0.374 e. The standard InChI is InChI=1S/C23H25N3O3/c1-16(27)18-10-4-5-11-19(18)25-23(29)15-24-20-12-6-7-13-21(20)26-22(28)14-17-8-2-3-9-17/h2,4-8,10-13,17,24H,3,9,14-15H2,1H3,(H,25,29)(H,26,28). The second-order valence-corrected chi connectivity index (χ2v) is 7.07. The van der Waals surface area contributed by atoms with Gasteiger partial charge >= 0.3 is 0 Å². The molecule has 2 amide bonds. The zero-order valence-electron chi connectivity index (χ0n) is 16.4. The first-order valence-corrected chi connectivity index (χ1v) is 9.72. The summed E-state index contributed by atoms with van der Waals surface area (Å²) in [6.07, 6.45) is 6.68. The van der Waals surface area contributed by atoms with Crippen LogP contribution in [0.3, 0.4) is 0 Å². The molecule has 1 unspecified atom stereocenters. The highest BCUT2D eigenvalue weighted by atomic mass is 16.2. The minimum atomic E-state index is -0.282. The van der Waals surface area contributed by atoms with E-state index >= 15 is 0 Å². The molecule has 1 aliphatic carbocycles. The predicted octanol–water partition coefficient (Wildman–Crippen LogP) is 4.23. The Morgan fingerprint density at radius 3 is 2.24 bits per heavy atom. The Kier molecular flexibility index (Phi) is 6.79. The summed E-state index contributed by atoms with van der Waals surface area (Å²) in [7, 11) is 0. The quantitative estimate of drug-likeness (QED) is 0.464. The van der Waals surface area contributed by atoms with Gasteiger partial charge in [-0.3, -0.25) is 14.4 Å². The molecule has 1 atom stereocenters. The molecular formula is C23H25N3O3. The highest BCUT2D eigenvalue weighted by Gasteiger charge is 2.15. The highest BCUT2D eigenvalue weighted by molar-refractivity contribution is 6.04. The Bertz CT molecular complexity index is 936. The summed E-state index contributed by atoms with van der Waals surface area (Å²) >= 11 is 0. The van der Waals surface area contributed by atoms with Crippen molar-refractivity contribution in [1.29, 1.82) is 0 Å². The third-order valence-electron chi connectivity index (χ3n) is 4.78. The zero-order chi connectivity index (χ0) is 20.6. The summed E-state index contributed by atoms with van der Waals surface area (Å²) in [5.41, 5.74) is 2.25. The van der Waals surface area contributed by atoms with Gasteiger partial charge < -0.3 is 16.0 Å². The molecule has 0 heterocycles. The van der Waals surface area contributed by atoms with Gasteiger partial charge in [-0.1, -0.05) is 36.4 Å². The van der Waals surface area contributed by atoms with E-state index in [0.29, 0.717) is 35.0 Å². The average molecular weight is 391 g/mol. The van der Waals surface area contributed by atoms with E-state index in [2.05, 4.69) is 28.1 Å². The van der Waals surface area contributed by atoms with Crippen LogP contribution < -0.4 is 16.0 Å². The van der Waals surface area contributed by atoms with E-state index in [1.165, 1.54) is 6.92 Å². The van der Waals surface area contributed by atoms with Crippen LogP contribution in [-0.2, 0) is 9.59 Å². The van der Waals surface area contributed by atoms with Gasteiger partial charge in [0.05, 0.1) is 23.6 Å². The normalized spacial score (nSPS) is 15.0. The molecule has 2 aromatic carbocycles. The molecule has 0 aliphatic heterocycles. The number of para-hydroxylation sites is 3. The van der Waals surface area contributed by atoms with Crippen molar-refractivity contribution in [3.63, 3.8) is 0 Å². The van der Waals surface area contributed by atoms with Crippen LogP contribution in [0.2, 0.25) is 0 Å². The summed E-state index contributed by atoms with van der Waals surface area (Å²) in [6, 6.07) is 14.2. The second-order valence-electron chi connectivity index (χ2n) is 7.07. The SMILES string of the molecule is CC(=O)c1ccccc1NC(=O)CNc1ccccc1NC(=O)CC1C=CCC1. The molecule has 0 saturated heterocycles. The van der Waals surface area contributed by atoms with Gasteiger partial charge in [0.15, 0.2) is 5.78 Å². The Morgan fingerprint density at radius 2 is 1.55 bits per heavy atom. The lowest BCUT2D eigenvalue weighted by Crippen LogP contribution is -2.23. The molecule has 2 aromatic rings. The van der Waals surface area contributed by atoms with E-state index in [0.717, 1.165) is 12.8 Å². The fourth-order valence-corrected chi connectivity index (χ4v) is 3.32. The molecule has 6 nitrogen and oxygen atoms in total. The van der Waals surface area contributed by atoms with Crippen molar-refractivity contribution in [2.45, 2.75) is 26.2 Å². The molecule has 0 saturated carbocycles. The molecule has 6 heteroatoms. The maximum atomic E-state index is 12.3. The number of anilines is 3. The number of ketones is 1. The summed E-state index contributed by atoms with van der Waals surface area (Å²) in [4.78, 5) is 36.3. The topological polar surface area (TPSA) is 87.3 Å². The Balaban J connectivity index is 1.58. The number of amides is 2. The molecule has 3 rings (SSSR count). The van der Waals surface area contributed by atoms with Crippen molar-refractivity contribution in [2.75, 3.05) is 22.5 Å². The third-order valence-corrected chi connectivity index (χ3v) is 4.78. The summed E-state index contributed by atoms with van der Waals surface area (Å²) in [5, 5.41) is 8.73. The molecule has 29 heavy (non-hydrogen) atoms. The summed E-state index contributed by atoms with van der Waals surface area (Å²) in [5.74, 6) is -0.146. The van der Waals surface area contributed by atoms with Gasteiger partial charge in [-0.25, -0.2) is 0 Å². The van der Waals surface area contributed by atoms with Crippen molar-refractivity contribution in [2.24, 2.45) is 5.92 Å². The molecule has 0 fully saturated rings. The minimum Gasteiger partial charge on any atom is -0.374 e. The lowest BCUT2D eigenvalue weighted by Gasteiger charge is -2.14. The maximum absolute atomic E-state index is 12.3. The van der Waals surface area contributed by atoms with Crippen LogP contribution in [0.25, 0.3) is 0 Å². The van der Waals surface area contributed by atoms with Crippen LogP contribution in [0.5, 0.6) is 0 Å². The maximum Gasteiger partial charge on any atom is 0.243 e. The van der Waals surface area contributed by atoms with Crippen molar-refractivity contribution in [1.82, 2.24) is 0 Å². The Labute approximate surface area is 170 Å². The van der Waals surface area contributed by atoms with Gasteiger partial charge in [-0.05, 0) is 49.9 Å². The van der Waals surface area contributed by atoms with Crippen LogP contribution in [0, 0.1) is 5.92 Å². The van der Waals surface area contributed by atoms with Gasteiger partial charge in [-0.15, -0.1) is 0 Å². The number of hydrogen-bond acceptors (Lipinski definition) is 4. The van der Waals surface area contributed by atoms with E-state index < -0.39 is 0 Å². The number of Topliss-reactive ketones (excluding diaryl/α,β-unsaturated/α-hetero) is 1. The summed E-state index contributed by atoms with van der Waals surface area (Å²) < 4.78 is 0. The fourth-order valence-electron chi connectivity index (χ4n) is 3.32. The number of rotatable bonds is 8. The molecule has 0 aromatic heterocycles. The predicted molar refractivity (Wildman–Crippen MR) is 115 cm³/mol. The monoisotopic (exact) mass is 391 g/mol. The second kappa shape index (κ2) is 9.68. The van der Waals surface area contributed by atoms with E-state index in [9.17, 15) is 14.4 Å². The van der Waals surface area contributed by atoms with E-state index in [-0.39, 0.29) is 24.1 Å². The van der Waals surface area contributed by atoms with Crippen LogP contribution in [0.15, 0.2) is 60.7 Å². The first kappa shape index (κ1) is 20.3. The Hall–Kier alpha value is -3.41. The number of carbonyl (C=O) groups excluding carboxylic acids is 3. The van der Waals surface area contributed by atoms with Gasteiger partial charge in [-0.2, -0.15) is 0 Å². The molecule has 1 aliphatic rings. The number of benzene rings is 2. The average Bonchev–Trinajstić information content (AvgIpc) is 3.20. The molecule has 0 bridgehead atoms. The highest BCUT2D eigenvalue weighted by Crippen LogP contribution is 2.24. The minimum absolute atomic E-state index is 0.00445. The van der Waals surface area contributed by atoms with Crippen LogP contribution in [0.1, 0.15) is 36.5 Å². The van der Waals surface area contributed by atoms with Gasteiger partial charge in [0.25, 0.3) is 0 Å².